The van der Waals surface area contributed by atoms with E-state index in [9.17, 15) is 8.78 Å². The molecule has 0 aliphatic rings. The molecule has 2 N–H and O–H groups in total. The zero-order chi connectivity index (χ0) is 18.1. The van der Waals surface area contributed by atoms with Gasteiger partial charge in [0.1, 0.15) is 11.6 Å². The summed E-state index contributed by atoms with van der Waals surface area (Å²) in [4.78, 5) is 6.26. The second-order valence-electron chi connectivity index (χ2n) is 5.81. The molecular weight excluding hydrogens is 322 g/mol. The molecule has 0 amide bonds. The highest BCUT2D eigenvalue weighted by molar-refractivity contribution is 5.79. The van der Waals surface area contributed by atoms with Crippen molar-refractivity contribution < 1.29 is 8.78 Å². The standard InChI is InChI=1S/C19H24F2N4/c1-22-19(24-13-16-5-3-4-6-18(16)21)23-11-12-25(2)14-15-7-9-17(20)10-8-15/h3-10H,11-14H2,1-2H3,(H2,22,23,24). The van der Waals surface area contributed by atoms with Gasteiger partial charge >= 0.3 is 0 Å². The normalized spacial score (nSPS) is 11.6. The molecule has 0 spiro atoms. The Morgan fingerprint density at radius 1 is 1.04 bits per heavy atom. The predicted molar refractivity (Wildman–Crippen MR) is 97.3 cm³/mol. The maximum absolute atomic E-state index is 13.6. The molecule has 4 nitrogen and oxygen atoms in total. The summed E-state index contributed by atoms with van der Waals surface area (Å²) in [6.45, 7) is 2.59. The molecule has 0 fully saturated rings. The van der Waals surface area contributed by atoms with Crippen molar-refractivity contribution in [3.05, 3.63) is 71.3 Å². The molecule has 2 aromatic carbocycles. The van der Waals surface area contributed by atoms with E-state index in [1.54, 1.807) is 37.4 Å². The number of rotatable bonds is 7. The fraction of sp³-hybridized carbons (Fsp3) is 0.316. The summed E-state index contributed by atoms with van der Waals surface area (Å²) in [6, 6.07) is 13.2. The van der Waals surface area contributed by atoms with Gasteiger partial charge in [-0.25, -0.2) is 8.78 Å². The molecule has 0 heterocycles. The maximum Gasteiger partial charge on any atom is 0.191 e. The lowest BCUT2D eigenvalue weighted by Gasteiger charge is -2.18. The highest BCUT2D eigenvalue weighted by atomic mass is 19.1. The van der Waals surface area contributed by atoms with Gasteiger partial charge in [0.15, 0.2) is 5.96 Å². The van der Waals surface area contributed by atoms with E-state index in [2.05, 4.69) is 20.5 Å². The Balaban J connectivity index is 1.71. The number of hydrogen-bond acceptors (Lipinski definition) is 2. The monoisotopic (exact) mass is 346 g/mol. The van der Waals surface area contributed by atoms with Crippen LogP contribution in [0.15, 0.2) is 53.5 Å². The van der Waals surface area contributed by atoms with Gasteiger partial charge in [-0.3, -0.25) is 4.99 Å². The largest absolute Gasteiger partial charge is 0.355 e. The fourth-order valence-corrected chi connectivity index (χ4v) is 2.39. The first kappa shape index (κ1) is 18.9. The lowest BCUT2D eigenvalue weighted by Crippen LogP contribution is -2.40. The number of halogens is 2. The summed E-state index contributed by atoms with van der Waals surface area (Å²) < 4.78 is 26.5. The van der Waals surface area contributed by atoms with Crippen molar-refractivity contribution in [3.8, 4) is 0 Å². The van der Waals surface area contributed by atoms with Gasteiger partial charge in [-0.2, -0.15) is 0 Å². The van der Waals surface area contributed by atoms with E-state index >= 15 is 0 Å². The first-order valence-corrected chi connectivity index (χ1v) is 8.19. The zero-order valence-corrected chi connectivity index (χ0v) is 14.6. The number of nitrogens with one attached hydrogen (secondary N) is 2. The maximum atomic E-state index is 13.6. The molecule has 0 radical (unpaired) electrons. The van der Waals surface area contributed by atoms with Gasteiger partial charge in [0.05, 0.1) is 0 Å². The summed E-state index contributed by atoms with van der Waals surface area (Å²) in [5.41, 5.74) is 1.66. The highest BCUT2D eigenvalue weighted by Gasteiger charge is 2.04. The van der Waals surface area contributed by atoms with Gasteiger partial charge in [0.25, 0.3) is 0 Å². The number of hydrogen-bond donors (Lipinski definition) is 2. The Kier molecular flexibility index (Phi) is 7.35. The number of likely N-dealkylation sites (N-methyl/N-ethyl adjacent to an activating group) is 1. The van der Waals surface area contributed by atoms with Crippen molar-refractivity contribution in [2.75, 3.05) is 27.2 Å². The van der Waals surface area contributed by atoms with Crippen LogP contribution in [0.3, 0.4) is 0 Å². The highest BCUT2D eigenvalue weighted by Crippen LogP contribution is 2.06. The number of guanidine groups is 1. The van der Waals surface area contributed by atoms with Gasteiger partial charge in [-0.1, -0.05) is 30.3 Å². The SMILES string of the molecule is CN=C(NCCN(C)Cc1ccc(F)cc1)NCc1ccccc1F. The molecule has 0 saturated heterocycles. The quantitative estimate of drug-likeness (QED) is 0.598. The van der Waals surface area contributed by atoms with Crippen LogP contribution in [-0.4, -0.2) is 38.0 Å². The number of benzene rings is 2. The molecule has 6 heteroatoms. The van der Waals surface area contributed by atoms with Crippen molar-refractivity contribution in [3.63, 3.8) is 0 Å². The minimum absolute atomic E-state index is 0.224. The summed E-state index contributed by atoms with van der Waals surface area (Å²) in [6.07, 6.45) is 0. The summed E-state index contributed by atoms with van der Waals surface area (Å²) >= 11 is 0. The molecule has 0 bridgehead atoms. The van der Waals surface area contributed by atoms with Gasteiger partial charge in [0, 0.05) is 38.8 Å². The van der Waals surface area contributed by atoms with Gasteiger partial charge in [-0.05, 0) is 30.8 Å². The van der Waals surface area contributed by atoms with Crippen molar-refractivity contribution in [2.45, 2.75) is 13.1 Å². The van der Waals surface area contributed by atoms with Crippen LogP contribution < -0.4 is 10.6 Å². The number of nitrogens with zero attached hydrogens (tertiary/aromatic N) is 2. The first-order valence-electron chi connectivity index (χ1n) is 8.19. The molecule has 0 aliphatic heterocycles. The van der Waals surface area contributed by atoms with Crippen molar-refractivity contribution in [2.24, 2.45) is 4.99 Å². The van der Waals surface area contributed by atoms with Crippen LogP contribution in [-0.2, 0) is 13.1 Å². The van der Waals surface area contributed by atoms with Crippen LogP contribution in [0, 0.1) is 11.6 Å². The summed E-state index contributed by atoms with van der Waals surface area (Å²) in [7, 11) is 3.68. The Hall–Kier alpha value is -2.47. The molecule has 2 aromatic rings. The van der Waals surface area contributed by atoms with E-state index in [0.29, 0.717) is 24.6 Å². The summed E-state index contributed by atoms with van der Waals surface area (Å²) in [5.74, 6) is 0.167. The third kappa shape index (κ3) is 6.51. The minimum Gasteiger partial charge on any atom is -0.355 e. The van der Waals surface area contributed by atoms with Crippen molar-refractivity contribution in [1.29, 1.82) is 0 Å². The molecule has 0 atom stereocenters. The Labute approximate surface area is 147 Å². The smallest absolute Gasteiger partial charge is 0.191 e. The molecule has 0 saturated carbocycles. The van der Waals surface area contributed by atoms with Crippen LogP contribution in [0.4, 0.5) is 8.78 Å². The van der Waals surface area contributed by atoms with Gasteiger partial charge in [0.2, 0.25) is 0 Å². The topological polar surface area (TPSA) is 39.7 Å². The lowest BCUT2D eigenvalue weighted by atomic mass is 10.2. The van der Waals surface area contributed by atoms with E-state index in [0.717, 1.165) is 18.7 Å². The van der Waals surface area contributed by atoms with Crippen molar-refractivity contribution in [1.82, 2.24) is 15.5 Å². The summed E-state index contributed by atoms with van der Waals surface area (Å²) in [5, 5.41) is 6.29. The average molecular weight is 346 g/mol. The third-order valence-electron chi connectivity index (χ3n) is 3.78. The van der Waals surface area contributed by atoms with E-state index < -0.39 is 0 Å². The molecule has 0 unspecified atom stereocenters. The van der Waals surface area contributed by atoms with Gasteiger partial charge in [-0.15, -0.1) is 0 Å². The van der Waals surface area contributed by atoms with Gasteiger partial charge < -0.3 is 15.5 Å². The van der Waals surface area contributed by atoms with Crippen LogP contribution in [0.25, 0.3) is 0 Å². The van der Waals surface area contributed by atoms with E-state index in [1.807, 2.05) is 7.05 Å². The van der Waals surface area contributed by atoms with E-state index in [1.165, 1.54) is 18.2 Å². The van der Waals surface area contributed by atoms with Crippen LogP contribution in [0.2, 0.25) is 0 Å². The fourth-order valence-electron chi connectivity index (χ4n) is 2.39. The predicted octanol–water partition coefficient (Wildman–Crippen LogP) is 2.76. The molecule has 0 aromatic heterocycles. The Morgan fingerprint density at radius 2 is 1.76 bits per heavy atom. The number of aliphatic imine (C=N–C) groups is 1. The van der Waals surface area contributed by atoms with Crippen LogP contribution in [0.5, 0.6) is 0 Å². The lowest BCUT2D eigenvalue weighted by molar-refractivity contribution is 0.331. The molecule has 0 aliphatic carbocycles. The molecule has 2 rings (SSSR count). The zero-order valence-electron chi connectivity index (χ0n) is 14.6. The molecular formula is C19H24F2N4. The van der Waals surface area contributed by atoms with Crippen LogP contribution in [0.1, 0.15) is 11.1 Å². The Bertz CT molecular complexity index is 686. The van der Waals surface area contributed by atoms with Crippen molar-refractivity contribution >= 4 is 5.96 Å². The second kappa shape index (κ2) is 9.74. The third-order valence-corrected chi connectivity index (χ3v) is 3.78. The van der Waals surface area contributed by atoms with E-state index in [4.69, 9.17) is 0 Å². The second-order valence-corrected chi connectivity index (χ2v) is 5.81. The van der Waals surface area contributed by atoms with E-state index in [-0.39, 0.29) is 11.6 Å². The average Bonchev–Trinajstić information content (AvgIpc) is 2.61. The molecule has 134 valence electrons. The molecule has 25 heavy (non-hydrogen) atoms. The minimum atomic E-state index is -0.232. The van der Waals surface area contributed by atoms with Crippen LogP contribution >= 0.6 is 0 Å². The Morgan fingerprint density at radius 3 is 2.44 bits per heavy atom. The first-order chi connectivity index (χ1) is 12.1.